The molecule has 0 unspecified atom stereocenters. The van der Waals surface area contributed by atoms with Crippen molar-refractivity contribution >= 4 is 44.2 Å². The molecule has 5 nitrogen and oxygen atoms in total. The van der Waals surface area contributed by atoms with E-state index in [2.05, 4.69) is 88.9 Å². The molecule has 2 aromatic heterocycles. The van der Waals surface area contributed by atoms with E-state index >= 15 is 0 Å². The third-order valence-electron chi connectivity index (χ3n) is 8.04. The Morgan fingerprint density at radius 1 is 0.535 bits per heavy atom. The minimum absolute atomic E-state index is 0.669. The molecule has 0 radical (unpaired) electrons. The van der Waals surface area contributed by atoms with Gasteiger partial charge in [-0.05, 0) is 66.7 Å². The van der Waals surface area contributed by atoms with Gasteiger partial charge in [-0.2, -0.15) is 0 Å². The Balaban J connectivity index is 1.21. The van der Waals surface area contributed by atoms with Crippen molar-refractivity contribution in [3.05, 3.63) is 140 Å². The molecule has 1 aliphatic rings. The first-order valence-corrected chi connectivity index (χ1v) is 14.3. The van der Waals surface area contributed by atoms with Crippen molar-refractivity contribution < 1.29 is 13.9 Å². The molecule has 0 fully saturated rings. The molecule has 43 heavy (non-hydrogen) atoms. The molecule has 5 heteroatoms. The first-order valence-electron chi connectivity index (χ1n) is 14.3. The van der Waals surface area contributed by atoms with Crippen LogP contribution in [-0.2, 0) is 0 Å². The lowest BCUT2D eigenvalue weighted by Crippen LogP contribution is -2.00. The van der Waals surface area contributed by atoms with Crippen LogP contribution in [0.4, 0.5) is 11.4 Å². The van der Waals surface area contributed by atoms with Crippen molar-refractivity contribution in [2.45, 2.75) is 0 Å². The van der Waals surface area contributed by atoms with Gasteiger partial charge in [-0.25, -0.2) is 0 Å². The maximum absolute atomic E-state index is 6.49. The van der Waals surface area contributed by atoms with Gasteiger partial charge in [0.2, 0.25) is 0 Å². The van der Waals surface area contributed by atoms with E-state index in [4.69, 9.17) is 13.9 Å². The van der Waals surface area contributed by atoms with Crippen LogP contribution < -0.4 is 14.8 Å². The van der Waals surface area contributed by atoms with Crippen molar-refractivity contribution in [1.82, 2.24) is 4.57 Å². The Kier molecular flexibility index (Phi) is 5.13. The highest BCUT2D eigenvalue weighted by molar-refractivity contribution is 6.11. The minimum Gasteiger partial charge on any atom is -0.455 e. The Bertz CT molecular complexity index is 2330. The number of benzene rings is 6. The standard InChI is InChI=1S/C38H24N2O3/c1-2-9-27(10-3-1)40-20-19-24-17-18-25(23-32(24)40)39-26-21-30-28-11-4-5-13-33(28)42-37(30)31(22-26)29-12-8-16-36-38(29)43-35-15-7-6-14-34(35)41-36/h1-23,39H. The van der Waals surface area contributed by atoms with Gasteiger partial charge in [0.05, 0.1) is 5.52 Å². The number of anilines is 2. The Labute approximate surface area is 247 Å². The van der Waals surface area contributed by atoms with E-state index in [1.165, 1.54) is 5.39 Å². The van der Waals surface area contributed by atoms with Crippen LogP contribution in [-0.4, -0.2) is 4.57 Å². The summed E-state index contributed by atoms with van der Waals surface area (Å²) < 4.78 is 21.4. The largest absolute Gasteiger partial charge is 0.455 e. The summed E-state index contributed by atoms with van der Waals surface area (Å²) in [6.07, 6.45) is 2.12. The zero-order chi connectivity index (χ0) is 28.3. The van der Waals surface area contributed by atoms with Gasteiger partial charge >= 0.3 is 0 Å². The van der Waals surface area contributed by atoms with E-state index in [1.54, 1.807) is 0 Å². The highest BCUT2D eigenvalue weighted by Crippen LogP contribution is 2.51. The topological polar surface area (TPSA) is 48.6 Å². The lowest BCUT2D eigenvalue weighted by molar-refractivity contribution is 0.361. The lowest BCUT2D eigenvalue weighted by atomic mass is 9.99. The van der Waals surface area contributed by atoms with Crippen LogP contribution in [0, 0.1) is 0 Å². The van der Waals surface area contributed by atoms with Gasteiger partial charge in [0, 0.05) is 50.5 Å². The van der Waals surface area contributed by atoms with E-state index in [-0.39, 0.29) is 0 Å². The number of furan rings is 1. The van der Waals surface area contributed by atoms with Gasteiger partial charge < -0.3 is 23.8 Å². The second kappa shape index (κ2) is 9.29. The third-order valence-corrected chi connectivity index (χ3v) is 8.04. The van der Waals surface area contributed by atoms with Crippen molar-refractivity contribution in [1.29, 1.82) is 0 Å². The quantitative estimate of drug-likeness (QED) is 0.234. The number of hydrogen-bond donors (Lipinski definition) is 1. The van der Waals surface area contributed by atoms with Crippen molar-refractivity contribution in [2.24, 2.45) is 0 Å². The SMILES string of the molecule is c1ccc(-n2ccc3ccc(Nc4cc(-c5cccc6c5Oc5ccccc5O6)c5oc6ccccc6c5c4)cc32)cc1. The number of nitrogens with one attached hydrogen (secondary N) is 1. The number of nitrogens with zero attached hydrogens (tertiary/aromatic N) is 1. The molecule has 0 atom stereocenters. The van der Waals surface area contributed by atoms with E-state index in [1.807, 2.05) is 60.7 Å². The first-order chi connectivity index (χ1) is 21.3. The summed E-state index contributed by atoms with van der Waals surface area (Å²) in [7, 11) is 0. The average molecular weight is 557 g/mol. The van der Waals surface area contributed by atoms with Crippen molar-refractivity contribution in [3.8, 4) is 39.8 Å². The van der Waals surface area contributed by atoms with E-state index in [0.29, 0.717) is 23.0 Å². The minimum atomic E-state index is 0.669. The summed E-state index contributed by atoms with van der Waals surface area (Å²) in [5, 5.41) is 6.96. The van der Waals surface area contributed by atoms with Gasteiger partial charge in [0.1, 0.15) is 11.2 Å². The molecule has 3 heterocycles. The monoisotopic (exact) mass is 556 g/mol. The molecule has 1 aliphatic heterocycles. The molecule has 0 saturated heterocycles. The summed E-state index contributed by atoms with van der Waals surface area (Å²) in [6, 6.07) is 45.2. The van der Waals surface area contributed by atoms with E-state index in [0.717, 1.165) is 55.6 Å². The first kappa shape index (κ1) is 23.7. The number of para-hydroxylation sites is 5. The maximum atomic E-state index is 6.49. The summed E-state index contributed by atoms with van der Waals surface area (Å²) in [5.41, 5.74) is 7.65. The van der Waals surface area contributed by atoms with Crippen LogP contribution in [0.1, 0.15) is 0 Å². The molecule has 0 saturated carbocycles. The zero-order valence-electron chi connectivity index (χ0n) is 23.0. The number of ether oxygens (including phenoxy) is 2. The molecule has 0 aliphatic carbocycles. The van der Waals surface area contributed by atoms with Crippen LogP contribution in [0.3, 0.4) is 0 Å². The van der Waals surface area contributed by atoms with Crippen LogP contribution >= 0.6 is 0 Å². The van der Waals surface area contributed by atoms with Crippen LogP contribution in [0.5, 0.6) is 23.0 Å². The molecule has 1 N–H and O–H groups in total. The molecule has 0 amide bonds. The zero-order valence-corrected chi connectivity index (χ0v) is 23.0. The van der Waals surface area contributed by atoms with Crippen LogP contribution in [0.15, 0.2) is 144 Å². The average Bonchev–Trinajstić information content (AvgIpc) is 3.65. The highest BCUT2D eigenvalue weighted by atomic mass is 16.6. The number of hydrogen-bond acceptors (Lipinski definition) is 4. The van der Waals surface area contributed by atoms with E-state index < -0.39 is 0 Å². The molecular weight excluding hydrogens is 532 g/mol. The summed E-state index contributed by atoms with van der Waals surface area (Å²) in [4.78, 5) is 0. The summed E-state index contributed by atoms with van der Waals surface area (Å²) in [6.45, 7) is 0. The van der Waals surface area contributed by atoms with Gasteiger partial charge in [-0.3, -0.25) is 0 Å². The predicted octanol–water partition coefficient (Wildman–Crippen LogP) is 10.8. The number of fused-ring (bicyclic) bond motifs is 6. The third kappa shape index (κ3) is 3.86. The number of rotatable bonds is 4. The molecule has 9 rings (SSSR count). The van der Waals surface area contributed by atoms with Gasteiger partial charge in [0.25, 0.3) is 0 Å². The Morgan fingerprint density at radius 3 is 2.23 bits per heavy atom. The Morgan fingerprint density at radius 2 is 1.33 bits per heavy atom. The summed E-state index contributed by atoms with van der Waals surface area (Å²) in [5.74, 6) is 2.73. The van der Waals surface area contributed by atoms with Crippen molar-refractivity contribution in [2.75, 3.05) is 5.32 Å². The molecule has 204 valence electrons. The predicted molar refractivity (Wildman–Crippen MR) is 172 cm³/mol. The fourth-order valence-corrected chi connectivity index (χ4v) is 6.05. The van der Waals surface area contributed by atoms with E-state index in [9.17, 15) is 0 Å². The fourth-order valence-electron chi connectivity index (χ4n) is 6.05. The molecular formula is C38H24N2O3. The molecule has 6 aromatic carbocycles. The van der Waals surface area contributed by atoms with Crippen LogP contribution in [0.2, 0.25) is 0 Å². The maximum Gasteiger partial charge on any atom is 0.178 e. The smallest absolute Gasteiger partial charge is 0.178 e. The molecule has 8 aromatic rings. The van der Waals surface area contributed by atoms with Crippen molar-refractivity contribution in [3.63, 3.8) is 0 Å². The highest BCUT2D eigenvalue weighted by Gasteiger charge is 2.24. The fraction of sp³-hybridized carbons (Fsp3) is 0. The Hall–Kier alpha value is -5.94. The van der Waals surface area contributed by atoms with Crippen LogP contribution in [0.25, 0.3) is 49.7 Å². The second-order valence-electron chi connectivity index (χ2n) is 10.7. The lowest BCUT2D eigenvalue weighted by Gasteiger charge is -2.23. The second-order valence-corrected chi connectivity index (χ2v) is 10.7. The van der Waals surface area contributed by atoms with Gasteiger partial charge in [0.15, 0.2) is 23.0 Å². The van der Waals surface area contributed by atoms with Gasteiger partial charge in [-0.15, -0.1) is 0 Å². The normalized spacial score (nSPS) is 12.1. The van der Waals surface area contributed by atoms with Gasteiger partial charge in [-0.1, -0.05) is 66.7 Å². The summed E-state index contributed by atoms with van der Waals surface area (Å²) >= 11 is 0. The molecule has 0 bridgehead atoms. The number of aromatic nitrogens is 1. The molecule has 0 spiro atoms.